The molecule has 2 amide bonds. The van der Waals surface area contributed by atoms with Crippen LogP contribution in [-0.2, 0) is 4.79 Å². The van der Waals surface area contributed by atoms with E-state index in [0.29, 0.717) is 36.6 Å². The third-order valence-electron chi connectivity index (χ3n) is 4.80. The lowest BCUT2D eigenvalue weighted by molar-refractivity contribution is -0.121. The van der Waals surface area contributed by atoms with Gasteiger partial charge in [0.05, 0.1) is 5.69 Å². The monoisotopic (exact) mass is 368 g/mol. The van der Waals surface area contributed by atoms with Gasteiger partial charge in [-0.05, 0) is 43.4 Å². The minimum absolute atomic E-state index is 0.000691. The molecule has 26 heavy (non-hydrogen) atoms. The van der Waals surface area contributed by atoms with Crippen molar-refractivity contribution < 1.29 is 9.59 Å². The molecule has 1 aliphatic heterocycles. The highest BCUT2D eigenvalue weighted by Crippen LogP contribution is 2.23. The standard InChI is InChI=1S/C19H20N4O2S/c1-12-11-26-19(21-12)22-17(24)14-5-8-23(9-6-14)18(25)15-3-2-13-4-7-20-16(13)10-15/h2-4,7,10-11,14,20H,5-6,8-9H2,1H3,(H,21,22,24). The van der Waals surface area contributed by atoms with Crippen LogP contribution in [0.2, 0.25) is 0 Å². The lowest BCUT2D eigenvalue weighted by Gasteiger charge is -2.31. The van der Waals surface area contributed by atoms with Crippen LogP contribution in [0.4, 0.5) is 5.13 Å². The highest BCUT2D eigenvalue weighted by molar-refractivity contribution is 7.13. The maximum absolute atomic E-state index is 12.7. The average Bonchev–Trinajstić information content (AvgIpc) is 3.29. The summed E-state index contributed by atoms with van der Waals surface area (Å²) < 4.78 is 0. The van der Waals surface area contributed by atoms with Crippen LogP contribution in [0.3, 0.4) is 0 Å². The van der Waals surface area contributed by atoms with Crippen molar-refractivity contribution >= 4 is 39.2 Å². The van der Waals surface area contributed by atoms with Gasteiger partial charge in [-0.2, -0.15) is 0 Å². The molecule has 1 aliphatic rings. The predicted molar refractivity (Wildman–Crippen MR) is 102 cm³/mol. The zero-order chi connectivity index (χ0) is 18.1. The molecule has 0 spiro atoms. The quantitative estimate of drug-likeness (QED) is 0.743. The number of thiazole rings is 1. The smallest absolute Gasteiger partial charge is 0.253 e. The summed E-state index contributed by atoms with van der Waals surface area (Å²) in [5.74, 6) is -0.0516. The Balaban J connectivity index is 1.36. The minimum atomic E-state index is -0.0749. The van der Waals surface area contributed by atoms with E-state index < -0.39 is 0 Å². The van der Waals surface area contributed by atoms with Crippen molar-refractivity contribution in [3.8, 4) is 0 Å². The van der Waals surface area contributed by atoms with E-state index in [9.17, 15) is 9.59 Å². The summed E-state index contributed by atoms with van der Waals surface area (Å²) in [7, 11) is 0. The first-order valence-electron chi connectivity index (χ1n) is 8.69. The van der Waals surface area contributed by atoms with Gasteiger partial charge in [0.15, 0.2) is 5.13 Å². The molecule has 134 valence electrons. The molecule has 0 atom stereocenters. The third-order valence-corrected chi connectivity index (χ3v) is 5.68. The Hall–Kier alpha value is -2.67. The van der Waals surface area contributed by atoms with E-state index in [0.717, 1.165) is 16.6 Å². The number of rotatable bonds is 3. The van der Waals surface area contributed by atoms with E-state index in [1.165, 1.54) is 11.3 Å². The number of anilines is 1. The molecule has 1 aromatic carbocycles. The molecule has 1 saturated heterocycles. The first kappa shape index (κ1) is 16.8. The number of carbonyl (C=O) groups excluding carboxylic acids is 2. The summed E-state index contributed by atoms with van der Waals surface area (Å²) in [6.45, 7) is 3.09. The molecule has 2 aromatic heterocycles. The van der Waals surface area contributed by atoms with Crippen LogP contribution in [0, 0.1) is 12.8 Å². The number of aromatic nitrogens is 2. The Kier molecular flexibility index (Phi) is 4.46. The van der Waals surface area contributed by atoms with Crippen LogP contribution >= 0.6 is 11.3 Å². The lowest BCUT2D eigenvalue weighted by atomic mass is 9.95. The number of hydrogen-bond donors (Lipinski definition) is 2. The van der Waals surface area contributed by atoms with Crippen LogP contribution in [0.15, 0.2) is 35.8 Å². The summed E-state index contributed by atoms with van der Waals surface area (Å²) in [6, 6.07) is 7.69. The largest absolute Gasteiger partial charge is 0.361 e. The first-order valence-corrected chi connectivity index (χ1v) is 9.57. The molecule has 6 nitrogen and oxygen atoms in total. The topological polar surface area (TPSA) is 78.1 Å². The number of hydrogen-bond acceptors (Lipinski definition) is 4. The second kappa shape index (κ2) is 6.92. The number of benzene rings is 1. The molecule has 0 saturated carbocycles. The number of H-pyrrole nitrogens is 1. The van der Waals surface area contributed by atoms with Gasteiger partial charge in [-0.25, -0.2) is 4.98 Å². The van der Waals surface area contributed by atoms with Gasteiger partial charge in [0.1, 0.15) is 0 Å². The van der Waals surface area contributed by atoms with Crippen molar-refractivity contribution in [1.29, 1.82) is 0 Å². The fourth-order valence-electron chi connectivity index (χ4n) is 3.33. The second-order valence-electron chi connectivity index (χ2n) is 6.63. The summed E-state index contributed by atoms with van der Waals surface area (Å²) in [4.78, 5) is 34.4. The summed E-state index contributed by atoms with van der Waals surface area (Å²) in [6.07, 6.45) is 3.21. The number of nitrogens with one attached hydrogen (secondary N) is 2. The molecule has 4 rings (SSSR count). The van der Waals surface area contributed by atoms with Gasteiger partial charge in [-0.1, -0.05) is 6.07 Å². The van der Waals surface area contributed by atoms with E-state index in [1.54, 1.807) is 0 Å². The highest BCUT2D eigenvalue weighted by atomic mass is 32.1. The van der Waals surface area contributed by atoms with Gasteiger partial charge in [-0.3, -0.25) is 9.59 Å². The Bertz CT molecular complexity index is 953. The third kappa shape index (κ3) is 3.35. The van der Waals surface area contributed by atoms with E-state index in [1.807, 2.05) is 47.7 Å². The molecule has 0 aliphatic carbocycles. The fraction of sp³-hybridized carbons (Fsp3) is 0.316. The minimum Gasteiger partial charge on any atom is -0.361 e. The molecule has 3 aromatic rings. The summed E-state index contributed by atoms with van der Waals surface area (Å²) in [5.41, 5.74) is 2.55. The molecule has 0 radical (unpaired) electrons. The Labute approximate surface area is 155 Å². The SMILES string of the molecule is Cc1csc(NC(=O)C2CCN(C(=O)c3ccc4cc[nH]c4c3)CC2)n1. The lowest BCUT2D eigenvalue weighted by Crippen LogP contribution is -2.41. The molecule has 0 unspecified atom stereocenters. The first-order chi connectivity index (χ1) is 12.6. The van der Waals surface area contributed by atoms with Gasteiger partial charge in [0.2, 0.25) is 5.91 Å². The zero-order valence-corrected chi connectivity index (χ0v) is 15.3. The van der Waals surface area contributed by atoms with Gasteiger partial charge >= 0.3 is 0 Å². The number of carbonyl (C=O) groups is 2. The summed E-state index contributed by atoms with van der Waals surface area (Å²) in [5, 5.41) is 6.54. The van der Waals surface area contributed by atoms with Crippen molar-refractivity contribution in [3.63, 3.8) is 0 Å². The highest BCUT2D eigenvalue weighted by Gasteiger charge is 2.28. The maximum atomic E-state index is 12.7. The van der Waals surface area contributed by atoms with Crippen molar-refractivity contribution in [1.82, 2.24) is 14.9 Å². The van der Waals surface area contributed by atoms with Crippen LogP contribution in [0.25, 0.3) is 10.9 Å². The van der Waals surface area contributed by atoms with Crippen LogP contribution < -0.4 is 5.32 Å². The van der Waals surface area contributed by atoms with Gasteiger partial charge < -0.3 is 15.2 Å². The zero-order valence-electron chi connectivity index (χ0n) is 14.5. The number of fused-ring (bicyclic) bond motifs is 1. The Morgan fingerprint density at radius 1 is 1.27 bits per heavy atom. The van der Waals surface area contributed by atoms with E-state index in [2.05, 4.69) is 15.3 Å². The van der Waals surface area contributed by atoms with Gasteiger partial charge in [0, 0.05) is 41.7 Å². The number of amides is 2. The molecule has 3 heterocycles. The van der Waals surface area contributed by atoms with Crippen molar-refractivity contribution in [2.45, 2.75) is 19.8 Å². The fourth-order valence-corrected chi connectivity index (χ4v) is 4.02. The Morgan fingerprint density at radius 2 is 2.08 bits per heavy atom. The number of aryl methyl sites for hydroxylation is 1. The van der Waals surface area contributed by atoms with Crippen molar-refractivity contribution in [2.24, 2.45) is 5.92 Å². The van der Waals surface area contributed by atoms with Crippen LogP contribution in [0.5, 0.6) is 0 Å². The number of nitrogens with zero attached hydrogens (tertiary/aromatic N) is 2. The van der Waals surface area contributed by atoms with E-state index in [4.69, 9.17) is 0 Å². The molecule has 0 bridgehead atoms. The Morgan fingerprint density at radius 3 is 2.81 bits per heavy atom. The molecule has 7 heteroatoms. The van der Waals surface area contributed by atoms with Crippen LogP contribution in [-0.4, -0.2) is 39.8 Å². The maximum Gasteiger partial charge on any atom is 0.253 e. The van der Waals surface area contributed by atoms with E-state index >= 15 is 0 Å². The second-order valence-corrected chi connectivity index (χ2v) is 7.49. The molecular weight excluding hydrogens is 348 g/mol. The van der Waals surface area contributed by atoms with Crippen molar-refractivity contribution in [3.05, 3.63) is 47.1 Å². The van der Waals surface area contributed by atoms with E-state index in [-0.39, 0.29) is 17.7 Å². The number of aromatic amines is 1. The van der Waals surface area contributed by atoms with Crippen LogP contribution in [0.1, 0.15) is 28.9 Å². The average molecular weight is 368 g/mol. The number of likely N-dealkylation sites (tertiary alicyclic amines) is 1. The van der Waals surface area contributed by atoms with Crippen molar-refractivity contribution in [2.75, 3.05) is 18.4 Å². The summed E-state index contributed by atoms with van der Waals surface area (Å²) >= 11 is 1.44. The molecule has 2 N–H and O–H groups in total. The number of piperidine rings is 1. The normalized spacial score (nSPS) is 15.3. The predicted octanol–water partition coefficient (Wildman–Crippen LogP) is 3.42. The molecule has 1 fully saturated rings. The van der Waals surface area contributed by atoms with Gasteiger partial charge in [0.25, 0.3) is 5.91 Å². The molecular formula is C19H20N4O2S. The van der Waals surface area contributed by atoms with Gasteiger partial charge in [-0.15, -0.1) is 11.3 Å².